The maximum Gasteiger partial charge on any atom is 0.323 e. The Morgan fingerprint density at radius 3 is 2.39 bits per heavy atom. The number of hydrogen-bond donors (Lipinski definition) is 1. The normalized spacial score (nSPS) is 19.4. The van der Waals surface area contributed by atoms with Crippen LogP contribution in [0.2, 0.25) is 0 Å². The van der Waals surface area contributed by atoms with Crippen LogP contribution in [0.3, 0.4) is 0 Å². The molecule has 3 rings (SSSR count). The lowest BCUT2D eigenvalue weighted by Gasteiger charge is -2.42. The Balaban J connectivity index is 1.99. The summed E-state index contributed by atoms with van der Waals surface area (Å²) in [4.78, 5) is 12.0. The molecule has 168 valence electrons. The number of carbonyl (C=O) groups is 1. The van der Waals surface area contributed by atoms with E-state index in [0.717, 1.165) is 21.0 Å². The van der Waals surface area contributed by atoms with Crippen molar-refractivity contribution >= 4 is 27.8 Å². The standard InChI is InChI=1S/C23H29NO5S2/c1-15(2)17-8-11-20(29-5)19(14-17)16-6-9-18(10-7-16)31(27,28)24-12-13-30-23(3,4)21(24)22(25)26/h6-11,14-15,21H,12-13H2,1-5H3,(H,25,26)/t21-/m0/s1. The Morgan fingerprint density at radius 2 is 1.84 bits per heavy atom. The lowest BCUT2D eigenvalue weighted by atomic mass is 9.96. The van der Waals surface area contributed by atoms with Gasteiger partial charge < -0.3 is 9.84 Å². The van der Waals surface area contributed by atoms with Crippen molar-refractivity contribution in [2.24, 2.45) is 0 Å². The van der Waals surface area contributed by atoms with Crippen molar-refractivity contribution < 1.29 is 23.1 Å². The van der Waals surface area contributed by atoms with Crippen LogP contribution in [0.4, 0.5) is 0 Å². The molecule has 1 heterocycles. The van der Waals surface area contributed by atoms with E-state index in [1.807, 2.05) is 12.1 Å². The van der Waals surface area contributed by atoms with Gasteiger partial charge in [0.15, 0.2) is 0 Å². The molecule has 0 aromatic heterocycles. The minimum absolute atomic E-state index is 0.0872. The van der Waals surface area contributed by atoms with Gasteiger partial charge in [-0.25, -0.2) is 8.42 Å². The number of aliphatic carboxylic acids is 1. The molecule has 0 aliphatic carbocycles. The summed E-state index contributed by atoms with van der Waals surface area (Å²) in [5.74, 6) is 0.471. The van der Waals surface area contributed by atoms with Gasteiger partial charge in [-0.3, -0.25) is 4.79 Å². The molecule has 31 heavy (non-hydrogen) atoms. The van der Waals surface area contributed by atoms with Gasteiger partial charge >= 0.3 is 5.97 Å². The molecule has 1 N–H and O–H groups in total. The molecule has 1 aliphatic rings. The summed E-state index contributed by atoms with van der Waals surface area (Å²) in [6.45, 7) is 7.93. The number of methoxy groups -OCH3 is 1. The Hall–Kier alpha value is -2.03. The summed E-state index contributed by atoms with van der Waals surface area (Å²) in [5, 5.41) is 9.74. The Labute approximate surface area is 188 Å². The molecule has 0 saturated carbocycles. The molecular weight excluding hydrogens is 434 g/mol. The van der Waals surface area contributed by atoms with Gasteiger partial charge in [-0.05, 0) is 55.2 Å². The number of sulfonamides is 1. The van der Waals surface area contributed by atoms with Gasteiger partial charge in [0.2, 0.25) is 10.0 Å². The number of nitrogens with zero attached hydrogens (tertiary/aromatic N) is 1. The molecule has 8 heteroatoms. The van der Waals surface area contributed by atoms with E-state index >= 15 is 0 Å². The molecule has 0 unspecified atom stereocenters. The zero-order valence-corrected chi connectivity index (χ0v) is 20.1. The number of thioether (sulfide) groups is 1. The number of rotatable bonds is 6. The molecule has 6 nitrogen and oxygen atoms in total. The molecule has 1 fully saturated rings. The number of hydrogen-bond acceptors (Lipinski definition) is 5. The third kappa shape index (κ3) is 4.61. The topological polar surface area (TPSA) is 83.9 Å². The summed E-state index contributed by atoms with van der Waals surface area (Å²) >= 11 is 1.48. The third-order valence-electron chi connectivity index (χ3n) is 5.63. The van der Waals surface area contributed by atoms with Crippen molar-refractivity contribution in [1.29, 1.82) is 0 Å². The molecule has 2 aromatic carbocycles. The molecule has 0 amide bonds. The zero-order valence-electron chi connectivity index (χ0n) is 18.5. The molecule has 0 radical (unpaired) electrons. The minimum atomic E-state index is -3.96. The quantitative estimate of drug-likeness (QED) is 0.681. The summed E-state index contributed by atoms with van der Waals surface area (Å²) in [6.07, 6.45) is 0. The third-order valence-corrected chi connectivity index (χ3v) is 8.86. The highest BCUT2D eigenvalue weighted by atomic mass is 32.2. The molecule has 1 saturated heterocycles. The highest BCUT2D eigenvalue weighted by Crippen LogP contribution is 2.39. The fraction of sp³-hybridized carbons (Fsp3) is 0.435. The minimum Gasteiger partial charge on any atom is -0.496 e. The van der Waals surface area contributed by atoms with Crippen LogP contribution in [0.1, 0.15) is 39.2 Å². The SMILES string of the molecule is COc1ccc(C(C)C)cc1-c1ccc(S(=O)(=O)N2CCSC(C)(C)[C@@H]2C(=O)O)cc1. The number of benzene rings is 2. The molecule has 1 aliphatic heterocycles. The Bertz CT molecular complexity index is 1060. The average molecular weight is 464 g/mol. The van der Waals surface area contributed by atoms with E-state index in [9.17, 15) is 18.3 Å². The summed E-state index contributed by atoms with van der Waals surface area (Å²) < 4.78 is 32.6. The first-order valence-electron chi connectivity index (χ1n) is 10.2. The van der Waals surface area contributed by atoms with Gasteiger partial charge in [0.1, 0.15) is 11.8 Å². The van der Waals surface area contributed by atoms with Crippen molar-refractivity contribution in [3.05, 3.63) is 48.0 Å². The van der Waals surface area contributed by atoms with Crippen molar-refractivity contribution in [3.63, 3.8) is 0 Å². The molecular formula is C23H29NO5S2. The highest BCUT2D eigenvalue weighted by Gasteiger charge is 2.48. The van der Waals surface area contributed by atoms with Gasteiger partial charge in [0.25, 0.3) is 0 Å². The van der Waals surface area contributed by atoms with Crippen molar-refractivity contribution in [2.45, 2.75) is 49.3 Å². The first kappa shape index (κ1) is 23.6. The van der Waals surface area contributed by atoms with Gasteiger partial charge in [-0.15, -0.1) is 0 Å². The first-order chi connectivity index (χ1) is 14.5. The van der Waals surface area contributed by atoms with Gasteiger partial charge in [0.05, 0.1) is 12.0 Å². The first-order valence-corrected chi connectivity index (χ1v) is 12.6. The van der Waals surface area contributed by atoms with Crippen LogP contribution >= 0.6 is 11.8 Å². The van der Waals surface area contributed by atoms with Crippen LogP contribution < -0.4 is 4.74 Å². The Morgan fingerprint density at radius 1 is 1.19 bits per heavy atom. The van der Waals surface area contributed by atoms with E-state index in [-0.39, 0.29) is 11.4 Å². The van der Waals surface area contributed by atoms with E-state index in [4.69, 9.17) is 4.74 Å². The second kappa shape index (κ2) is 8.84. The zero-order chi connectivity index (χ0) is 23.0. The van der Waals surface area contributed by atoms with Gasteiger partial charge in [0, 0.05) is 22.6 Å². The molecule has 2 aromatic rings. The smallest absolute Gasteiger partial charge is 0.323 e. The average Bonchev–Trinajstić information content (AvgIpc) is 2.72. The fourth-order valence-corrected chi connectivity index (χ4v) is 6.98. The number of ether oxygens (including phenoxy) is 1. The monoisotopic (exact) mass is 463 g/mol. The number of carboxylic acids is 1. The Kier molecular flexibility index (Phi) is 6.74. The van der Waals surface area contributed by atoms with Crippen LogP contribution in [0.5, 0.6) is 5.75 Å². The van der Waals surface area contributed by atoms with Crippen molar-refractivity contribution in [1.82, 2.24) is 4.31 Å². The fourth-order valence-electron chi connectivity index (χ4n) is 3.89. The highest BCUT2D eigenvalue weighted by molar-refractivity contribution is 8.00. The number of carboxylic acid groups (broad SMARTS) is 1. The lowest BCUT2D eigenvalue weighted by molar-refractivity contribution is -0.142. The summed E-state index contributed by atoms with van der Waals surface area (Å²) in [7, 11) is -2.35. The predicted octanol–water partition coefficient (Wildman–Crippen LogP) is 4.45. The van der Waals surface area contributed by atoms with Gasteiger partial charge in [-0.2, -0.15) is 16.1 Å². The van der Waals surface area contributed by atoms with Crippen LogP contribution in [-0.2, 0) is 14.8 Å². The molecule has 1 atom stereocenters. The summed E-state index contributed by atoms with van der Waals surface area (Å²) in [5.41, 5.74) is 2.88. The second-order valence-electron chi connectivity index (χ2n) is 8.45. The lowest BCUT2D eigenvalue weighted by Crippen LogP contribution is -2.58. The van der Waals surface area contributed by atoms with Gasteiger partial charge in [-0.1, -0.05) is 32.0 Å². The maximum absolute atomic E-state index is 13.3. The maximum atomic E-state index is 13.3. The molecule has 0 bridgehead atoms. The van der Waals surface area contributed by atoms with E-state index in [1.54, 1.807) is 45.2 Å². The second-order valence-corrected chi connectivity index (χ2v) is 12.1. The molecule has 0 spiro atoms. The predicted molar refractivity (Wildman–Crippen MR) is 124 cm³/mol. The van der Waals surface area contributed by atoms with E-state index in [1.165, 1.54) is 11.8 Å². The van der Waals surface area contributed by atoms with E-state index < -0.39 is 26.8 Å². The van der Waals surface area contributed by atoms with E-state index in [2.05, 4.69) is 19.9 Å². The largest absolute Gasteiger partial charge is 0.496 e. The van der Waals surface area contributed by atoms with Crippen LogP contribution in [0.25, 0.3) is 11.1 Å². The van der Waals surface area contributed by atoms with Crippen molar-refractivity contribution in [2.75, 3.05) is 19.4 Å². The van der Waals surface area contributed by atoms with E-state index in [0.29, 0.717) is 17.4 Å². The van der Waals surface area contributed by atoms with Crippen LogP contribution in [0, 0.1) is 0 Å². The summed E-state index contributed by atoms with van der Waals surface area (Å²) in [6, 6.07) is 11.4. The van der Waals surface area contributed by atoms with Crippen LogP contribution in [-0.4, -0.2) is 54.0 Å². The van der Waals surface area contributed by atoms with Crippen LogP contribution in [0.15, 0.2) is 47.4 Å². The van der Waals surface area contributed by atoms with Crippen molar-refractivity contribution in [3.8, 4) is 16.9 Å².